The number of hydrogen-bond acceptors (Lipinski definition) is 4. The topological polar surface area (TPSA) is 43.2 Å². The van der Waals surface area contributed by atoms with Crippen LogP contribution in [0, 0.1) is 0 Å². The molecule has 0 amide bonds. The second-order valence-corrected chi connectivity index (χ2v) is 6.54. The zero-order chi connectivity index (χ0) is 19.0. The van der Waals surface area contributed by atoms with Crippen LogP contribution in [0.3, 0.4) is 0 Å². The predicted octanol–water partition coefficient (Wildman–Crippen LogP) is 4.70. The Labute approximate surface area is 165 Å². The molecule has 1 aliphatic heterocycles. The standard InChI is InChI=1S/C24H22N2O2/c1-3-10-23-21(8-1)15-25-12-13-26-16-22-9-2-4-11-24(22)28-18-20-7-5-6-19(14-20)17-27-23/h1-11,14-16H,12-13,17-18H2. The summed E-state index contributed by atoms with van der Waals surface area (Å²) < 4.78 is 12.1. The van der Waals surface area contributed by atoms with E-state index in [1.165, 1.54) is 0 Å². The third kappa shape index (κ3) is 4.65. The van der Waals surface area contributed by atoms with Gasteiger partial charge < -0.3 is 9.47 Å². The van der Waals surface area contributed by atoms with Crippen molar-refractivity contribution >= 4 is 12.4 Å². The van der Waals surface area contributed by atoms with Crippen LogP contribution in [0.15, 0.2) is 82.8 Å². The molecule has 0 aliphatic carbocycles. The van der Waals surface area contributed by atoms with Crippen molar-refractivity contribution in [3.63, 3.8) is 0 Å². The normalized spacial score (nSPS) is 14.1. The molecular formula is C24H22N2O2. The molecule has 140 valence electrons. The fourth-order valence-electron chi connectivity index (χ4n) is 3.01. The van der Waals surface area contributed by atoms with Gasteiger partial charge in [0.15, 0.2) is 0 Å². The van der Waals surface area contributed by atoms with Gasteiger partial charge in [0.1, 0.15) is 24.7 Å². The summed E-state index contributed by atoms with van der Waals surface area (Å²) in [5, 5.41) is 0. The van der Waals surface area contributed by atoms with Crippen molar-refractivity contribution in [1.29, 1.82) is 0 Å². The second-order valence-electron chi connectivity index (χ2n) is 6.54. The Morgan fingerprint density at radius 2 is 1.07 bits per heavy atom. The second kappa shape index (κ2) is 9.00. The number of fused-ring (bicyclic) bond motifs is 4. The number of nitrogens with zero attached hydrogens (tertiary/aromatic N) is 2. The first-order valence-electron chi connectivity index (χ1n) is 9.39. The number of benzene rings is 3. The molecule has 1 heterocycles. The highest BCUT2D eigenvalue weighted by Crippen LogP contribution is 2.20. The lowest BCUT2D eigenvalue weighted by Crippen LogP contribution is -2.01. The highest BCUT2D eigenvalue weighted by Gasteiger charge is 2.05. The Bertz CT molecular complexity index is 918. The molecule has 0 saturated heterocycles. The Morgan fingerprint density at radius 1 is 0.571 bits per heavy atom. The first-order chi connectivity index (χ1) is 13.9. The summed E-state index contributed by atoms with van der Waals surface area (Å²) in [7, 11) is 0. The molecule has 28 heavy (non-hydrogen) atoms. The summed E-state index contributed by atoms with van der Waals surface area (Å²) in [6, 6.07) is 24.2. The zero-order valence-electron chi connectivity index (χ0n) is 15.6. The van der Waals surface area contributed by atoms with E-state index in [-0.39, 0.29) is 0 Å². The van der Waals surface area contributed by atoms with Gasteiger partial charge in [0.05, 0.1) is 13.1 Å². The molecule has 0 unspecified atom stereocenters. The minimum Gasteiger partial charge on any atom is -0.488 e. The number of para-hydroxylation sites is 2. The van der Waals surface area contributed by atoms with Crippen molar-refractivity contribution in [1.82, 2.24) is 0 Å². The van der Waals surface area contributed by atoms with Crippen LogP contribution in [0.4, 0.5) is 0 Å². The quantitative estimate of drug-likeness (QED) is 0.576. The summed E-state index contributed by atoms with van der Waals surface area (Å²) in [5.41, 5.74) is 4.15. The Hall–Kier alpha value is -3.40. The highest BCUT2D eigenvalue weighted by atomic mass is 16.5. The van der Waals surface area contributed by atoms with Gasteiger partial charge in [-0.25, -0.2) is 0 Å². The van der Waals surface area contributed by atoms with Gasteiger partial charge in [0.2, 0.25) is 0 Å². The van der Waals surface area contributed by atoms with Crippen molar-refractivity contribution in [2.45, 2.75) is 13.2 Å². The van der Waals surface area contributed by atoms with Crippen LogP contribution in [0.2, 0.25) is 0 Å². The summed E-state index contributed by atoms with van der Waals surface area (Å²) in [6.45, 7) is 2.24. The summed E-state index contributed by atoms with van der Waals surface area (Å²) >= 11 is 0. The molecule has 3 aromatic carbocycles. The minimum atomic E-state index is 0.498. The third-order valence-corrected chi connectivity index (χ3v) is 4.44. The van der Waals surface area contributed by atoms with Crippen LogP contribution < -0.4 is 9.47 Å². The number of aliphatic imine (C=N–C) groups is 2. The molecular weight excluding hydrogens is 348 g/mol. The molecule has 0 fully saturated rings. The number of hydrogen-bond donors (Lipinski definition) is 0. The third-order valence-electron chi connectivity index (χ3n) is 4.44. The van der Waals surface area contributed by atoms with E-state index in [0.29, 0.717) is 26.3 Å². The first kappa shape index (κ1) is 18.0. The molecule has 4 heteroatoms. The van der Waals surface area contributed by atoms with Crippen LogP contribution in [-0.4, -0.2) is 25.5 Å². The first-order valence-corrected chi connectivity index (χ1v) is 9.39. The Kier molecular flexibility index (Phi) is 5.78. The van der Waals surface area contributed by atoms with Gasteiger partial charge in [-0.3, -0.25) is 9.98 Å². The van der Waals surface area contributed by atoms with Gasteiger partial charge in [0.25, 0.3) is 0 Å². The van der Waals surface area contributed by atoms with E-state index in [1.54, 1.807) is 0 Å². The lowest BCUT2D eigenvalue weighted by molar-refractivity contribution is 0.299. The average molecular weight is 370 g/mol. The van der Waals surface area contributed by atoms with E-state index >= 15 is 0 Å². The summed E-state index contributed by atoms with van der Waals surface area (Å²) in [6.07, 6.45) is 3.72. The van der Waals surface area contributed by atoms with Gasteiger partial charge in [0, 0.05) is 23.6 Å². The molecule has 0 N–H and O–H groups in total. The van der Waals surface area contributed by atoms with E-state index < -0.39 is 0 Å². The lowest BCUT2D eigenvalue weighted by Gasteiger charge is -2.11. The molecule has 0 spiro atoms. The summed E-state index contributed by atoms with van der Waals surface area (Å²) in [4.78, 5) is 8.98. The molecule has 4 rings (SSSR count). The zero-order valence-corrected chi connectivity index (χ0v) is 15.6. The maximum Gasteiger partial charge on any atom is 0.128 e. The maximum absolute atomic E-state index is 6.05. The average Bonchev–Trinajstić information content (AvgIpc) is 2.74. The van der Waals surface area contributed by atoms with Gasteiger partial charge in [-0.1, -0.05) is 42.5 Å². The van der Waals surface area contributed by atoms with Crippen molar-refractivity contribution in [2.75, 3.05) is 13.1 Å². The van der Waals surface area contributed by atoms with Gasteiger partial charge in [-0.2, -0.15) is 0 Å². The largest absolute Gasteiger partial charge is 0.488 e. The fraction of sp³-hybridized carbons (Fsp3) is 0.167. The van der Waals surface area contributed by atoms with E-state index in [2.05, 4.69) is 28.2 Å². The molecule has 4 nitrogen and oxygen atoms in total. The van der Waals surface area contributed by atoms with Crippen molar-refractivity contribution in [3.8, 4) is 11.5 Å². The number of ether oxygens (including phenoxy) is 2. The van der Waals surface area contributed by atoms with Crippen molar-refractivity contribution < 1.29 is 9.47 Å². The lowest BCUT2D eigenvalue weighted by atomic mass is 10.1. The SMILES string of the molecule is C1=NCCN=Cc2ccccc2OCc2cccc(c2)COc2ccccc21. The molecule has 0 radical (unpaired) electrons. The molecule has 1 aliphatic rings. The molecule has 0 atom stereocenters. The number of rotatable bonds is 0. The van der Waals surface area contributed by atoms with Crippen molar-refractivity contribution in [2.24, 2.45) is 9.98 Å². The Balaban J connectivity index is 1.63. The minimum absolute atomic E-state index is 0.498. The van der Waals surface area contributed by atoms with E-state index in [9.17, 15) is 0 Å². The van der Waals surface area contributed by atoms with Gasteiger partial charge >= 0.3 is 0 Å². The molecule has 0 aromatic heterocycles. The smallest absolute Gasteiger partial charge is 0.128 e. The van der Waals surface area contributed by atoms with Crippen LogP contribution in [-0.2, 0) is 13.2 Å². The van der Waals surface area contributed by atoms with Crippen LogP contribution in [0.25, 0.3) is 0 Å². The van der Waals surface area contributed by atoms with Crippen LogP contribution in [0.1, 0.15) is 22.3 Å². The van der Waals surface area contributed by atoms with E-state index in [0.717, 1.165) is 33.8 Å². The van der Waals surface area contributed by atoms with Gasteiger partial charge in [-0.05, 0) is 41.5 Å². The maximum atomic E-state index is 6.05. The predicted molar refractivity (Wildman–Crippen MR) is 113 cm³/mol. The van der Waals surface area contributed by atoms with Crippen LogP contribution in [0.5, 0.6) is 11.5 Å². The van der Waals surface area contributed by atoms with E-state index in [4.69, 9.17) is 9.47 Å². The van der Waals surface area contributed by atoms with E-state index in [1.807, 2.05) is 67.0 Å². The summed E-state index contributed by atoms with van der Waals surface area (Å²) in [5.74, 6) is 1.65. The van der Waals surface area contributed by atoms with Crippen molar-refractivity contribution in [3.05, 3.63) is 95.1 Å². The molecule has 0 saturated carbocycles. The molecule has 2 bridgehead atoms. The molecule has 3 aromatic rings. The van der Waals surface area contributed by atoms with Crippen LogP contribution >= 0.6 is 0 Å². The monoisotopic (exact) mass is 370 g/mol. The fourth-order valence-corrected chi connectivity index (χ4v) is 3.01. The van der Waals surface area contributed by atoms with Gasteiger partial charge in [-0.15, -0.1) is 0 Å². The highest BCUT2D eigenvalue weighted by molar-refractivity contribution is 5.84. The Morgan fingerprint density at radius 3 is 1.61 bits per heavy atom.